The van der Waals surface area contributed by atoms with Crippen LogP contribution in [0.5, 0.6) is 0 Å². The lowest BCUT2D eigenvalue weighted by molar-refractivity contribution is -0.119. The number of amides is 2. The molecule has 5 rings (SSSR count). The lowest BCUT2D eigenvalue weighted by Gasteiger charge is -2.31. The van der Waals surface area contributed by atoms with E-state index in [1.54, 1.807) is 24.3 Å². The monoisotopic (exact) mass is 670 g/mol. The van der Waals surface area contributed by atoms with Crippen LogP contribution in [0.25, 0.3) is 0 Å². The summed E-state index contributed by atoms with van der Waals surface area (Å²) in [6.45, 7) is 1.07. The number of ether oxygens (including phenoxy) is 2. The third kappa shape index (κ3) is 9.15. The first-order chi connectivity index (χ1) is 23.3. The highest BCUT2D eigenvalue weighted by molar-refractivity contribution is 7.88. The molecule has 0 spiro atoms. The molecule has 1 aliphatic rings. The third-order valence-electron chi connectivity index (χ3n) is 8.42. The second-order valence-corrected chi connectivity index (χ2v) is 13.6. The molecule has 252 valence electrons. The first-order valence-electron chi connectivity index (χ1n) is 16.0. The number of anilines is 1. The Morgan fingerprint density at radius 2 is 1.50 bits per heavy atom. The van der Waals surface area contributed by atoms with Crippen molar-refractivity contribution in [3.8, 4) is 0 Å². The number of rotatable bonds is 13. The molecule has 0 saturated carbocycles. The molecule has 0 aromatic heterocycles. The van der Waals surface area contributed by atoms with Gasteiger partial charge >= 0.3 is 6.09 Å². The number of nitrogens with one attached hydrogen (secondary N) is 2. The molecule has 2 amide bonds. The summed E-state index contributed by atoms with van der Waals surface area (Å²) >= 11 is 0. The van der Waals surface area contributed by atoms with Crippen LogP contribution in [0.4, 0.5) is 10.5 Å². The number of methoxy groups -OCH3 is 1. The van der Waals surface area contributed by atoms with Crippen molar-refractivity contribution < 1.29 is 27.5 Å². The van der Waals surface area contributed by atoms with Gasteiger partial charge in [-0.25, -0.2) is 22.8 Å². The van der Waals surface area contributed by atoms with Crippen molar-refractivity contribution in [1.82, 2.24) is 10.0 Å². The standard InChI is InChI=1S/C37H42N4O6S/c1-46-37(43)41(36(42)35(38)34(29-16-7-3-8-17-29)30-18-9-4-10-19-30)33-20-12-11-15-28(33)21-22-32-24-39-31(25-47-32)23-40-48(44,45)26-27-13-5-2-6-14-27/h2-20,31-32,34-35,39-40H,21-26,38H2,1H3/t31-,32-,35+/m1/s1. The Balaban J connectivity index is 1.23. The molecule has 1 heterocycles. The van der Waals surface area contributed by atoms with Gasteiger partial charge in [-0.15, -0.1) is 0 Å². The fraction of sp³-hybridized carbons (Fsp3) is 0.297. The summed E-state index contributed by atoms with van der Waals surface area (Å²) in [5.74, 6) is -1.17. The zero-order valence-corrected chi connectivity index (χ0v) is 27.7. The number of carbonyl (C=O) groups excluding carboxylic acids is 2. The highest BCUT2D eigenvalue weighted by atomic mass is 32.2. The first kappa shape index (κ1) is 34.9. The van der Waals surface area contributed by atoms with E-state index in [0.29, 0.717) is 31.7 Å². The van der Waals surface area contributed by atoms with Gasteiger partial charge in [-0.3, -0.25) is 4.79 Å². The van der Waals surface area contributed by atoms with E-state index in [0.717, 1.165) is 27.2 Å². The number of sulfonamides is 1. The Kier molecular flexibility index (Phi) is 12.1. The summed E-state index contributed by atoms with van der Waals surface area (Å²) in [4.78, 5) is 28.4. The van der Waals surface area contributed by atoms with Crippen molar-refractivity contribution in [2.24, 2.45) is 5.73 Å². The van der Waals surface area contributed by atoms with Crippen LogP contribution in [0, 0.1) is 0 Å². The van der Waals surface area contributed by atoms with Gasteiger partial charge in [0.1, 0.15) is 0 Å². The maximum atomic E-state index is 14.2. The maximum Gasteiger partial charge on any atom is 0.420 e. The van der Waals surface area contributed by atoms with Crippen molar-refractivity contribution in [3.05, 3.63) is 138 Å². The molecular formula is C37H42N4O6S. The molecule has 4 N–H and O–H groups in total. The minimum atomic E-state index is -3.49. The van der Waals surface area contributed by atoms with Gasteiger partial charge in [-0.1, -0.05) is 109 Å². The molecular weight excluding hydrogens is 628 g/mol. The highest BCUT2D eigenvalue weighted by Gasteiger charge is 2.36. The smallest absolute Gasteiger partial charge is 0.420 e. The molecule has 0 radical (unpaired) electrons. The van der Waals surface area contributed by atoms with Gasteiger partial charge in [-0.05, 0) is 41.2 Å². The van der Waals surface area contributed by atoms with Crippen molar-refractivity contribution in [2.75, 3.05) is 31.7 Å². The average molecular weight is 671 g/mol. The SMILES string of the molecule is COC(=O)N(C(=O)[C@@H](N)C(c1ccccc1)c1ccccc1)c1ccccc1CC[C@@H]1CN[C@H](CNS(=O)(=O)Cc2ccccc2)CO1. The van der Waals surface area contributed by atoms with Crippen LogP contribution in [0.1, 0.15) is 34.6 Å². The number of hydrogen-bond acceptors (Lipinski definition) is 8. The summed E-state index contributed by atoms with van der Waals surface area (Å²) in [5, 5.41) is 3.38. The zero-order chi connectivity index (χ0) is 33.9. The summed E-state index contributed by atoms with van der Waals surface area (Å²) in [7, 11) is -2.25. The van der Waals surface area contributed by atoms with Crippen LogP contribution in [0.3, 0.4) is 0 Å². The lowest BCUT2D eigenvalue weighted by Crippen LogP contribution is -2.51. The van der Waals surface area contributed by atoms with Crippen molar-refractivity contribution >= 4 is 27.7 Å². The van der Waals surface area contributed by atoms with E-state index in [2.05, 4.69) is 10.0 Å². The fourth-order valence-corrected chi connectivity index (χ4v) is 7.12. The number of morpholine rings is 1. The number of carbonyl (C=O) groups is 2. The number of benzene rings is 4. The molecule has 1 fully saturated rings. The Morgan fingerprint density at radius 1 is 0.917 bits per heavy atom. The Bertz CT molecular complexity index is 1690. The Labute approximate surface area is 282 Å². The minimum Gasteiger partial charge on any atom is -0.452 e. The molecule has 3 atom stereocenters. The third-order valence-corrected chi connectivity index (χ3v) is 9.74. The lowest BCUT2D eigenvalue weighted by atomic mass is 9.84. The van der Waals surface area contributed by atoms with Crippen LogP contribution < -0.4 is 20.7 Å². The Hall–Kier alpha value is -4.39. The van der Waals surface area contributed by atoms with Gasteiger partial charge in [0, 0.05) is 25.0 Å². The van der Waals surface area contributed by atoms with Crippen LogP contribution in [-0.4, -0.2) is 65.4 Å². The minimum absolute atomic E-state index is 0.0847. The predicted molar refractivity (Wildman–Crippen MR) is 186 cm³/mol. The first-order valence-corrected chi connectivity index (χ1v) is 17.6. The molecule has 11 heteroatoms. The molecule has 0 aliphatic carbocycles. The quantitative estimate of drug-likeness (QED) is 0.191. The molecule has 1 aliphatic heterocycles. The largest absolute Gasteiger partial charge is 0.452 e. The van der Waals surface area contributed by atoms with Crippen molar-refractivity contribution in [1.29, 1.82) is 0 Å². The molecule has 4 aromatic carbocycles. The number of hydrogen-bond donors (Lipinski definition) is 3. The van der Waals surface area contributed by atoms with E-state index in [-0.39, 0.29) is 24.4 Å². The van der Waals surface area contributed by atoms with E-state index in [4.69, 9.17) is 15.2 Å². The number of nitrogens with zero attached hydrogens (tertiary/aromatic N) is 1. The summed E-state index contributed by atoms with van der Waals surface area (Å²) in [5.41, 5.74) is 10.3. The molecule has 10 nitrogen and oxygen atoms in total. The van der Waals surface area contributed by atoms with E-state index < -0.39 is 34.0 Å². The van der Waals surface area contributed by atoms with Gasteiger partial charge in [0.05, 0.1) is 37.3 Å². The molecule has 1 saturated heterocycles. The highest BCUT2D eigenvalue weighted by Crippen LogP contribution is 2.31. The van der Waals surface area contributed by atoms with Crippen LogP contribution in [0.15, 0.2) is 115 Å². The van der Waals surface area contributed by atoms with Crippen LogP contribution >= 0.6 is 0 Å². The van der Waals surface area contributed by atoms with E-state index in [1.165, 1.54) is 7.11 Å². The van der Waals surface area contributed by atoms with E-state index in [1.807, 2.05) is 91.0 Å². The Morgan fingerprint density at radius 3 is 2.08 bits per heavy atom. The van der Waals surface area contributed by atoms with Gasteiger partial charge < -0.3 is 20.5 Å². The number of imide groups is 1. The molecule has 48 heavy (non-hydrogen) atoms. The van der Waals surface area contributed by atoms with Gasteiger partial charge in [0.25, 0.3) is 5.91 Å². The summed E-state index contributed by atoms with van der Waals surface area (Å²) in [6, 6.07) is 34.0. The molecule has 0 unspecified atom stereocenters. The number of nitrogens with two attached hydrogens (primary N) is 1. The maximum absolute atomic E-state index is 14.2. The van der Waals surface area contributed by atoms with Gasteiger partial charge in [0.15, 0.2) is 0 Å². The van der Waals surface area contributed by atoms with Gasteiger partial charge in [0.2, 0.25) is 10.0 Å². The molecule has 0 bridgehead atoms. The second-order valence-electron chi connectivity index (χ2n) is 11.8. The zero-order valence-electron chi connectivity index (χ0n) is 26.9. The van der Waals surface area contributed by atoms with Crippen LogP contribution in [0.2, 0.25) is 0 Å². The van der Waals surface area contributed by atoms with Crippen LogP contribution in [-0.2, 0) is 36.5 Å². The number of para-hydroxylation sites is 1. The van der Waals surface area contributed by atoms with Crippen molar-refractivity contribution in [2.45, 2.75) is 42.7 Å². The van der Waals surface area contributed by atoms with E-state index >= 15 is 0 Å². The predicted octanol–water partition coefficient (Wildman–Crippen LogP) is 4.35. The van der Waals surface area contributed by atoms with E-state index in [9.17, 15) is 18.0 Å². The van der Waals surface area contributed by atoms with Gasteiger partial charge in [-0.2, -0.15) is 0 Å². The topological polar surface area (TPSA) is 140 Å². The second kappa shape index (κ2) is 16.6. The average Bonchev–Trinajstić information content (AvgIpc) is 3.12. The normalized spacial score (nSPS) is 17.1. The fourth-order valence-electron chi connectivity index (χ4n) is 5.93. The van der Waals surface area contributed by atoms with Crippen molar-refractivity contribution in [3.63, 3.8) is 0 Å². The summed E-state index contributed by atoms with van der Waals surface area (Å²) in [6.07, 6.45) is 0.132. The summed E-state index contributed by atoms with van der Waals surface area (Å²) < 4.78 is 39.0. The molecule has 4 aromatic rings. The number of aryl methyl sites for hydroxylation is 1.